The van der Waals surface area contributed by atoms with E-state index in [1.807, 2.05) is 6.92 Å². The molecule has 3 nitrogen and oxygen atoms in total. The monoisotopic (exact) mass is 357 g/mol. The van der Waals surface area contributed by atoms with Crippen LogP contribution in [-0.4, -0.2) is 30.0 Å². The molecule has 1 amide bonds. The first kappa shape index (κ1) is 15.8. The van der Waals surface area contributed by atoms with E-state index in [1.165, 1.54) is 38.5 Å². The van der Waals surface area contributed by atoms with E-state index in [0.717, 1.165) is 44.4 Å². The van der Waals surface area contributed by atoms with Crippen molar-refractivity contribution in [3.63, 3.8) is 0 Å². The number of hydrogen-bond donors (Lipinski definition) is 1. The number of nitrogens with one attached hydrogen (secondary N) is 1. The molecule has 0 aliphatic heterocycles. The van der Waals surface area contributed by atoms with E-state index in [2.05, 4.69) is 21.2 Å². The minimum atomic E-state index is 0.254. The predicted molar refractivity (Wildman–Crippen MR) is 87.5 cm³/mol. The zero-order valence-corrected chi connectivity index (χ0v) is 14.7. The SMILES string of the molecule is CCOCCCNC(=O)CC12CC3CC(CC(Br)(C3)C1)C2. The molecule has 0 aromatic carbocycles. The molecule has 4 fully saturated rings. The van der Waals surface area contributed by atoms with Crippen molar-refractivity contribution in [1.82, 2.24) is 5.32 Å². The van der Waals surface area contributed by atoms with E-state index in [1.54, 1.807) is 0 Å². The van der Waals surface area contributed by atoms with Gasteiger partial charge in [0.25, 0.3) is 0 Å². The summed E-state index contributed by atoms with van der Waals surface area (Å²) in [7, 11) is 0. The van der Waals surface area contributed by atoms with Crippen LogP contribution in [0.4, 0.5) is 0 Å². The molecule has 4 bridgehead atoms. The zero-order valence-electron chi connectivity index (χ0n) is 13.1. The lowest BCUT2D eigenvalue weighted by molar-refractivity contribution is -0.128. The van der Waals surface area contributed by atoms with Crippen molar-refractivity contribution >= 4 is 21.8 Å². The fourth-order valence-corrected chi connectivity index (χ4v) is 7.00. The molecule has 0 aromatic rings. The van der Waals surface area contributed by atoms with Gasteiger partial charge >= 0.3 is 0 Å². The Morgan fingerprint density at radius 1 is 1.29 bits per heavy atom. The Hall–Kier alpha value is -0.0900. The van der Waals surface area contributed by atoms with Crippen molar-refractivity contribution in [2.75, 3.05) is 19.8 Å². The maximum absolute atomic E-state index is 12.3. The first-order chi connectivity index (χ1) is 10.0. The molecule has 21 heavy (non-hydrogen) atoms. The van der Waals surface area contributed by atoms with E-state index < -0.39 is 0 Å². The third kappa shape index (κ3) is 3.64. The van der Waals surface area contributed by atoms with E-state index in [9.17, 15) is 4.79 Å². The minimum Gasteiger partial charge on any atom is -0.382 e. The normalized spacial score (nSPS) is 40.5. The van der Waals surface area contributed by atoms with Crippen molar-refractivity contribution in [1.29, 1.82) is 0 Å². The molecular weight excluding hydrogens is 330 g/mol. The Labute approximate surface area is 136 Å². The summed E-state index contributed by atoms with van der Waals surface area (Å²) in [6.45, 7) is 4.26. The Balaban J connectivity index is 1.49. The van der Waals surface area contributed by atoms with E-state index in [0.29, 0.717) is 4.32 Å². The lowest BCUT2D eigenvalue weighted by Gasteiger charge is -2.60. The van der Waals surface area contributed by atoms with Crippen LogP contribution in [0.2, 0.25) is 0 Å². The van der Waals surface area contributed by atoms with Crippen LogP contribution in [0.1, 0.15) is 58.3 Å². The zero-order chi connectivity index (χ0) is 14.9. The van der Waals surface area contributed by atoms with Gasteiger partial charge in [0, 0.05) is 30.5 Å². The second kappa shape index (κ2) is 6.19. The average Bonchev–Trinajstić information content (AvgIpc) is 2.34. The summed E-state index contributed by atoms with van der Waals surface area (Å²) in [6.07, 6.45) is 9.50. The molecule has 4 aliphatic carbocycles. The minimum absolute atomic E-state index is 0.254. The van der Waals surface area contributed by atoms with Gasteiger partial charge in [-0.3, -0.25) is 4.79 Å². The van der Waals surface area contributed by atoms with Crippen LogP contribution in [0.25, 0.3) is 0 Å². The molecular formula is C17H28BrNO2. The van der Waals surface area contributed by atoms with Crippen LogP contribution < -0.4 is 5.32 Å². The topological polar surface area (TPSA) is 38.3 Å². The highest BCUT2D eigenvalue weighted by Crippen LogP contribution is 2.65. The van der Waals surface area contributed by atoms with Crippen LogP contribution in [-0.2, 0) is 9.53 Å². The maximum Gasteiger partial charge on any atom is 0.220 e. The largest absolute Gasteiger partial charge is 0.382 e. The molecule has 2 unspecified atom stereocenters. The lowest BCUT2D eigenvalue weighted by Crippen LogP contribution is -2.54. The number of amides is 1. The van der Waals surface area contributed by atoms with Gasteiger partial charge in [0.2, 0.25) is 5.91 Å². The molecule has 4 aliphatic rings. The summed E-state index contributed by atoms with van der Waals surface area (Å²) in [4.78, 5) is 12.3. The number of alkyl halides is 1. The van der Waals surface area contributed by atoms with Crippen molar-refractivity contribution in [3.05, 3.63) is 0 Å². The summed E-state index contributed by atoms with van der Waals surface area (Å²) in [5.41, 5.74) is 0.289. The van der Waals surface area contributed by atoms with Crippen LogP contribution in [0.5, 0.6) is 0 Å². The van der Waals surface area contributed by atoms with Gasteiger partial charge in [-0.1, -0.05) is 15.9 Å². The van der Waals surface area contributed by atoms with Crippen LogP contribution >= 0.6 is 15.9 Å². The van der Waals surface area contributed by atoms with E-state index in [4.69, 9.17) is 4.74 Å². The standard InChI is InChI=1S/C17H28BrNO2/c1-2-21-5-3-4-19-15(20)11-16-7-13-6-14(8-16)10-17(18,9-13)12-16/h13-14H,2-12H2,1H3,(H,19,20). The van der Waals surface area contributed by atoms with Crippen LogP contribution in [0.3, 0.4) is 0 Å². The summed E-state index contributed by atoms with van der Waals surface area (Å²) < 4.78 is 5.66. The summed E-state index contributed by atoms with van der Waals surface area (Å²) in [5.74, 6) is 1.97. The van der Waals surface area contributed by atoms with E-state index in [-0.39, 0.29) is 11.3 Å². The van der Waals surface area contributed by atoms with Gasteiger partial charge < -0.3 is 10.1 Å². The molecule has 4 heteroatoms. The van der Waals surface area contributed by atoms with Gasteiger partial charge in [-0.25, -0.2) is 0 Å². The van der Waals surface area contributed by atoms with E-state index >= 15 is 0 Å². The van der Waals surface area contributed by atoms with Crippen molar-refractivity contribution in [3.8, 4) is 0 Å². The molecule has 1 N–H and O–H groups in total. The van der Waals surface area contributed by atoms with Crippen LogP contribution in [0.15, 0.2) is 0 Å². The molecule has 2 atom stereocenters. The van der Waals surface area contributed by atoms with Crippen LogP contribution in [0, 0.1) is 17.3 Å². The molecule has 0 radical (unpaired) electrons. The number of carbonyl (C=O) groups is 1. The highest BCUT2D eigenvalue weighted by molar-refractivity contribution is 9.10. The Morgan fingerprint density at radius 2 is 2.00 bits per heavy atom. The summed E-state index contributed by atoms with van der Waals surface area (Å²) in [5, 5.41) is 3.09. The smallest absolute Gasteiger partial charge is 0.220 e. The third-order valence-electron chi connectivity index (χ3n) is 5.64. The lowest BCUT2D eigenvalue weighted by atomic mass is 9.48. The van der Waals surface area contributed by atoms with Crippen molar-refractivity contribution in [2.45, 2.75) is 62.6 Å². The Bertz CT molecular complexity index is 384. The van der Waals surface area contributed by atoms with Crippen molar-refractivity contribution < 1.29 is 9.53 Å². The summed E-state index contributed by atoms with van der Waals surface area (Å²) >= 11 is 4.02. The molecule has 4 rings (SSSR count). The average molecular weight is 358 g/mol. The molecule has 0 aromatic heterocycles. The highest BCUT2D eigenvalue weighted by Gasteiger charge is 2.57. The number of hydrogen-bond acceptors (Lipinski definition) is 2. The number of carbonyl (C=O) groups excluding carboxylic acids is 1. The maximum atomic E-state index is 12.3. The van der Waals surface area contributed by atoms with Gasteiger partial charge in [0.05, 0.1) is 0 Å². The number of ether oxygens (including phenoxy) is 1. The Morgan fingerprint density at radius 3 is 2.62 bits per heavy atom. The molecule has 0 spiro atoms. The fraction of sp³-hybridized carbons (Fsp3) is 0.941. The summed E-state index contributed by atoms with van der Waals surface area (Å²) in [6, 6.07) is 0. The van der Waals surface area contributed by atoms with Gasteiger partial charge in [-0.05, 0) is 69.1 Å². The van der Waals surface area contributed by atoms with Gasteiger partial charge in [-0.15, -0.1) is 0 Å². The van der Waals surface area contributed by atoms with Gasteiger partial charge in [-0.2, -0.15) is 0 Å². The number of rotatable bonds is 7. The second-order valence-electron chi connectivity index (χ2n) is 7.69. The molecule has 0 saturated heterocycles. The van der Waals surface area contributed by atoms with Gasteiger partial charge in [0.15, 0.2) is 0 Å². The number of halogens is 1. The van der Waals surface area contributed by atoms with Crippen molar-refractivity contribution in [2.24, 2.45) is 17.3 Å². The Kier molecular flexibility index (Phi) is 4.66. The molecule has 0 heterocycles. The fourth-order valence-electron chi connectivity index (χ4n) is 5.49. The highest BCUT2D eigenvalue weighted by atomic mass is 79.9. The predicted octanol–water partition coefficient (Wildman–Crippen LogP) is 3.65. The second-order valence-corrected chi connectivity index (χ2v) is 9.37. The third-order valence-corrected chi connectivity index (χ3v) is 6.57. The first-order valence-corrected chi connectivity index (χ1v) is 9.35. The molecule has 120 valence electrons. The quantitative estimate of drug-likeness (QED) is 0.557. The first-order valence-electron chi connectivity index (χ1n) is 8.56. The van der Waals surface area contributed by atoms with Gasteiger partial charge in [0.1, 0.15) is 0 Å². The molecule has 4 saturated carbocycles.